The van der Waals surface area contributed by atoms with Gasteiger partial charge in [-0.15, -0.1) is 0 Å². The molecule has 0 aliphatic carbocycles. The number of Topliss-reactive ketones (excluding diaryl/α,β-unsaturated/α-hetero) is 1. The fraction of sp³-hybridized carbons (Fsp3) is 0.723. The molecule has 0 fully saturated rings. The minimum atomic E-state index is -0.109. The van der Waals surface area contributed by atoms with E-state index in [9.17, 15) is 4.79 Å². The van der Waals surface area contributed by atoms with Gasteiger partial charge >= 0.3 is 0 Å². The molecule has 2 rings (SSSR count). The fourth-order valence-corrected chi connectivity index (χ4v) is 7.85. The van der Waals surface area contributed by atoms with Crippen LogP contribution in [0.1, 0.15) is 215 Å². The molecule has 2 aromatic carbocycles. The van der Waals surface area contributed by atoms with E-state index in [0.29, 0.717) is 19.0 Å². The van der Waals surface area contributed by atoms with Crippen molar-refractivity contribution in [1.29, 1.82) is 0 Å². The second-order valence-electron chi connectivity index (χ2n) is 15.1. The third kappa shape index (κ3) is 19.0. The van der Waals surface area contributed by atoms with Crippen LogP contribution in [0.15, 0.2) is 48.5 Å². The van der Waals surface area contributed by atoms with Crippen LogP contribution >= 0.6 is 0 Å². The SMILES string of the molecule is CCCCCCCCCCCCCCC(C(=O)C(CCCCCCCCCCCCCC)c1ccccc1COC)c1ccccc1COC. The Kier molecular flexibility index (Phi) is 27.1. The molecule has 3 heteroatoms. The predicted octanol–water partition coefficient (Wildman–Crippen LogP) is 14.6. The van der Waals surface area contributed by atoms with Gasteiger partial charge in [0.1, 0.15) is 5.78 Å². The van der Waals surface area contributed by atoms with Gasteiger partial charge in [-0.2, -0.15) is 0 Å². The molecule has 0 amide bonds. The summed E-state index contributed by atoms with van der Waals surface area (Å²) < 4.78 is 11.3. The Hall–Kier alpha value is -1.97. The summed E-state index contributed by atoms with van der Waals surface area (Å²) in [6, 6.07) is 17.1. The van der Waals surface area contributed by atoms with Crippen LogP contribution in [0.2, 0.25) is 0 Å². The van der Waals surface area contributed by atoms with Crippen LogP contribution in [0.3, 0.4) is 0 Å². The van der Waals surface area contributed by atoms with E-state index >= 15 is 0 Å². The first-order chi connectivity index (χ1) is 24.7. The van der Waals surface area contributed by atoms with Crippen LogP contribution in [0.25, 0.3) is 0 Å². The van der Waals surface area contributed by atoms with Gasteiger partial charge in [0.2, 0.25) is 0 Å². The summed E-state index contributed by atoms with van der Waals surface area (Å²) in [5.74, 6) is 0.174. The smallest absolute Gasteiger partial charge is 0.147 e. The molecule has 0 aromatic heterocycles. The standard InChI is InChI=1S/C47H78O3/c1-5-7-9-11-13-15-17-19-21-23-25-27-37-45(43-35-31-29-33-41(43)39-49-3)47(48)46(44-36-32-30-34-42(44)40-50-4)38-28-26-24-22-20-18-16-14-12-10-8-6-2/h29-36,45-46H,5-28,37-40H2,1-4H3. The Morgan fingerprint density at radius 3 is 1.02 bits per heavy atom. The normalized spacial score (nSPS) is 12.7. The summed E-state index contributed by atoms with van der Waals surface area (Å²) in [5.41, 5.74) is 4.65. The molecule has 0 heterocycles. The predicted molar refractivity (Wildman–Crippen MR) is 216 cm³/mol. The average molecular weight is 691 g/mol. The number of methoxy groups -OCH3 is 2. The molecule has 0 saturated carbocycles. The topological polar surface area (TPSA) is 35.5 Å². The van der Waals surface area contributed by atoms with E-state index in [0.717, 1.165) is 36.8 Å². The largest absolute Gasteiger partial charge is 0.380 e. The van der Waals surface area contributed by atoms with Crippen LogP contribution in [0, 0.1) is 0 Å². The number of carbonyl (C=O) groups excluding carboxylic acids is 1. The Labute approximate surface area is 310 Å². The maximum absolute atomic E-state index is 14.9. The zero-order valence-corrected chi connectivity index (χ0v) is 33.3. The molecule has 0 saturated heterocycles. The summed E-state index contributed by atoms with van der Waals surface area (Å²) >= 11 is 0. The van der Waals surface area contributed by atoms with Crippen molar-refractivity contribution < 1.29 is 14.3 Å². The highest BCUT2D eigenvalue weighted by Gasteiger charge is 2.31. The lowest BCUT2D eigenvalue weighted by Crippen LogP contribution is -2.23. The second-order valence-corrected chi connectivity index (χ2v) is 15.1. The van der Waals surface area contributed by atoms with Crippen molar-refractivity contribution in [2.75, 3.05) is 14.2 Å². The van der Waals surface area contributed by atoms with Gasteiger partial charge in [-0.05, 0) is 35.1 Å². The lowest BCUT2D eigenvalue weighted by atomic mass is 9.76. The Morgan fingerprint density at radius 1 is 0.440 bits per heavy atom. The van der Waals surface area contributed by atoms with Crippen molar-refractivity contribution in [3.05, 3.63) is 70.8 Å². The fourth-order valence-electron chi connectivity index (χ4n) is 7.85. The average Bonchev–Trinajstić information content (AvgIpc) is 3.13. The van der Waals surface area contributed by atoms with E-state index in [1.165, 1.54) is 152 Å². The number of benzene rings is 2. The summed E-state index contributed by atoms with van der Waals surface area (Å²) in [4.78, 5) is 14.9. The molecule has 0 aliphatic heterocycles. The quantitative estimate of drug-likeness (QED) is 0.0686. The minimum absolute atomic E-state index is 0.109. The van der Waals surface area contributed by atoms with Gasteiger partial charge in [0, 0.05) is 26.1 Å². The first-order valence-corrected chi connectivity index (χ1v) is 21.3. The lowest BCUT2D eigenvalue weighted by Gasteiger charge is -2.27. The van der Waals surface area contributed by atoms with Gasteiger partial charge in [-0.3, -0.25) is 4.79 Å². The van der Waals surface area contributed by atoms with E-state index in [2.05, 4.69) is 62.4 Å². The third-order valence-corrected chi connectivity index (χ3v) is 10.8. The van der Waals surface area contributed by atoms with Gasteiger partial charge in [0.25, 0.3) is 0 Å². The molecule has 50 heavy (non-hydrogen) atoms. The van der Waals surface area contributed by atoms with Gasteiger partial charge in [-0.25, -0.2) is 0 Å². The van der Waals surface area contributed by atoms with E-state index < -0.39 is 0 Å². The molecular weight excluding hydrogens is 613 g/mol. The van der Waals surface area contributed by atoms with Gasteiger partial charge in [0.15, 0.2) is 0 Å². The van der Waals surface area contributed by atoms with Crippen LogP contribution in [0.5, 0.6) is 0 Å². The first kappa shape index (κ1) is 44.2. The zero-order valence-electron chi connectivity index (χ0n) is 33.3. The number of ketones is 1. The van der Waals surface area contributed by atoms with E-state index in [4.69, 9.17) is 9.47 Å². The Balaban J connectivity index is 2.04. The monoisotopic (exact) mass is 691 g/mol. The van der Waals surface area contributed by atoms with Crippen LogP contribution in [-0.4, -0.2) is 20.0 Å². The van der Waals surface area contributed by atoms with Crippen molar-refractivity contribution >= 4 is 5.78 Å². The maximum Gasteiger partial charge on any atom is 0.147 e. The molecule has 0 spiro atoms. The lowest BCUT2D eigenvalue weighted by molar-refractivity contribution is -0.122. The van der Waals surface area contributed by atoms with Crippen LogP contribution < -0.4 is 0 Å². The van der Waals surface area contributed by atoms with Crippen molar-refractivity contribution in [2.24, 2.45) is 0 Å². The van der Waals surface area contributed by atoms with Crippen molar-refractivity contribution in [1.82, 2.24) is 0 Å². The molecule has 0 radical (unpaired) electrons. The first-order valence-electron chi connectivity index (χ1n) is 21.3. The summed E-state index contributed by atoms with van der Waals surface area (Å²) in [7, 11) is 3.52. The maximum atomic E-state index is 14.9. The van der Waals surface area contributed by atoms with Crippen molar-refractivity contribution in [3.8, 4) is 0 Å². The molecule has 3 nitrogen and oxygen atoms in total. The van der Waals surface area contributed by atoms with E-state index in [-0.39, 0.29) is 11.8 Å². The Morgan fingerprint density at radius 2 is 0.720 bits per heavy atom. The highest BCUT2D eigenvalue weighted by Crippen LogP contribution is 2.37. The number of ether oxygens (including phenoxy) is 2. The highest BCUT2D eigenvalue weighted by molar-refractivity contribution is 5.92. The zero-order chi connectivity index (χ0) is 35.9. The van der Waals surface area contributed by atoms with Gasteiger partial charge < -0.3 is 9.47 Å². The van der Waals surface area contributed by atoms with Crippen molar-refractivity contribution in [2.45, 2.75) is 206 Å². The number of carbonyl (C=O) groups is 1. The van der Waals surface area contributed by atoms with Crippen molar-refractivity contribution in [3.63, 3.8) is 0 Å². The number of hydrogen-bond donors (Lipinski definition) is 0. The molecule has 0 N–H and O–H groups in total. The van der Waals surface area contributed by atoms with E-state index in [1.807, 2.05) is 0 Å². The molecule has 0 bridgehead atoms. The minimum Gasteiger partial charge on any atom is -0.380 e. The summed E-state index contributed by atoms with van der Waals surface area (Å²) in [6.45, 7) is 5.67. The molecule has 0 aliphatic rings. The number of hydrogen-bond acceptors (Lipinski definition) is 3. The van der Waals surface area contributed by atoms with Gasteiger partial charge in [0.05, 0.1) is 13.2 Å². The molecule has 2 unspecified atom stereocenters. The second kappa shape index (κ2) is 30.6. The third-order valence-electron chi connectivity index (χ3n) is 10.8. The van der Waals surface area contributed by atoms with E-state index in [1.54, 1.807) is 14.2 Å². The summed E-state index contributed by atoms with van der Waals surface area (Å²) in [5, 5.41) is 0. The number of unbranched alkanes of at least 4 members (excludes halogenated alkanes) is 22. The molecule has 284 valence electrons. The molecule has 2 aromatic rings. The number of rotatable bonds is 34. The molecular formula is C47H78O3. The highest BCUT2D eigenvalue weighted by atomic mass is 16.5. The summed E-state index contributed by atoms with van der Waals surface area (Å²) in [6.07, 6.45) is 33.7. The Bertz CT molecular complexity index is 994. The van der Waals surface area contributed by atoms with Crippen LogP contribution in [0.4, 0.5) is 0 Å². The molecule has 2 atom stereocenters. The van der Waals surface area contributed by atoms with Gasteiger partial charge in [-0.1, -0.05) is 216 Å². The van der Waals surface area contributed by atoms with Crippen LogP contribution in [-0.2, 0) is 27.5 Å².